The Morgan fingerprint density at radius 1 is 1.62 bits per heavy atom. The van der Waals surface area contributed by atoms with E-state index in [1.807, 2.05) is 0 Å². The van der Waals surface area contributed by atoms with Gasteiger partial charge in [-0.05, 0) is 0 Å². The van der Waals surface area contributed by atoms with Gasteiger partial charge in [0.1, 0.15) is 0 Å². The predicted molar refractivity (Wildman–Crippen MR) is 24.4 cm³/mol. The molecule has 0 N–H and O–H groups in total. The van der Waals surface area contributed by atoms with Gasteiger partial charge in [0.25, 0.3) is 0 Å². The van der Waals surface area contributed by atoms with Crippen LogP contribution in [0.5, 0.6) is 0 Å². The molecule has 46 valence electrons. The molecule has 0 heterocycles. The number of halogens is 2. The standard InChI is InChI=1S/C5H7F2O/c1-2-3-5(6,7)4-8/h2-3H2,1H3/q+1. The number of rotatable bonds is 2. The Bertz CT molecular complexity index is 103. The van der Waals surface area contributed by atoms with Gasteiger partial charge in [-0.15, -0.1) is 0 Å². The van der Waals surface area contributed by atoms with Crippen LogP contribution >= 0.6 is 0 Å². The van der Waals surface area contributed by atoms with Crippen LogP contribution in [0.2, 0.25) is 0 Å². The molecular formula is C5H7F2O+. The van der Waals surface area contributed by atoms with Crippen molar-refractivity contribution in [3.63, 3.8) is 0 Å². The maximum atomic E-state index is 11.7. The predicted octanol–water partition coefficient (Wildman–Crippen LogP) is 1.81. The van der Waals surface area contributed by atoms with Gasteiger partial charge < -0.3 is 0 Å². The number of alkyl halides is 2. The third-order valence-corrected chi connectivity index (χ3v) is 0.713. The molecule has 0 radical (unpaired) electrons. The SMILES string of the molecule is CCCC(F)(F)C#[O+]. The van der Waals surface area contributed by atoms with E-state index in [0.29, 0.717) is 12.6 Å². The molecule has 0 atom stereocenters. The molecule has 0 fully saturated rings. The molecule has 0 saturated carbocycles. The molecule has 0 aromatic carbocycles. The summed E-state index contributed by atoms with van der Waals surface area (Å²) in [6.45, 7) is 1.59. The summed E-state index contributed by atoms with van der Waals surface area (Å²) >= 11 is 0. The maximum absolute atomic E-state index is 11.7. The van der Waals surface area contributed by atoms with Gasteiger partial charge in [0.05, 0.1) is 0 Å². The Balaban J connectivity index is 3.59. The first-order valence-electron chi connectivity index (χ1n) is 2.39. The minimum atomic E-state index is -3.21. The molecule has 0 bridgehead atoms. The average molecular weight is 121 g/mol. The van der Waals surface area contributed by atoms with Gasteiger partial charge in [0, 0.05) is 0 Å². The first-order chi connectivity index (χ1) is 3.62. The molecule has 0 aromatic rings. The van der Waals surface area contributed by atoms with Crippen LogP contribution in [0.4, 0.5) is 8.78 Å². The second-order valence-corrected chi connectivity index (χ2v) is 1.56. The van der Waals surface area contributed by atoms with E-state index in [9.17, 15) is 13.4 Å². The van der Waals surface area contributed by atoms with Crippen molar-refractivity contribution in [2.75, 3.05) is 0 Å². The summed E-state index contributed by atoms with van der Waals surface area (Å²) in [5.74, 6) is -3.21. The van der Waals surface area contributed by atoms with Gasteiger partial charge in [-0.3, -0.25) is 0 Å². The number of hydrogen-bond acceptors (Lipinski definition) is 0. The summed E-state index contributed by atoms with van der Waals surface area (Å²) in [7, 11) is 0. The first kappa shape index (κ1) is 7.60. The monoisotopic (exact) mass is 121 g/mol. The molecule has 3 heteroatoms. The van der Waals surface area contributed by atoms with Gasteiger partial charge in [-0.25, -0.2) is 0 Å². The summed E-state index contributed by atoms with van der Waals surface area (Å²) in [5, 5.41) is 0. The molecule has 0 amide bonds. The van der Waals surface area contributed by atoms with E-state index >= 15 is 0 Å². The van der Waals surface area contributed by atoms with Crippen LogP contribution < -0.4 is 0 Å². The van der Waals surface area contributed by atoms with Crippen LogP contribution in [0.3, 0.4) is 0 Å². The van der Waals surface area contributed by atoms with E-state index in [2.05, 4.69) is 0 Å². The summed E-state index contributed by atoms with van der Waals surface area (Å²) in [6, 6.07) is 0. The van der Waals surface area contributed by atoms with Crippen molar-refractivity contribution in [2.45, 2.75) is 25.7 Å². The zero-order valence-corrected chi connectivity index (χ0v) is 4.58. The van der Waals surface area contributed by atoms with Crippen LogP contribution in [-0.2, 0) is 4.65 Å². The van der Waals surface area contributed by atoms with E-state index in [-0.39, 0.29) is 0 Å². The van der Waals surface area contributed by atoms with Gasteiger partial charge in [0.2, 0.25) is 0 Å². The molecule has 0 aliphatic heterocycles. The van der Waals surface area contributed by atoms with Crippen molar-refractivity contribution >= 4 is 0 Å². The molecule has 0 aliphatic carbocycles. The van der Waals surface area contributed by atoms with Crippen molar-refractivity contribution in [3.8, 4) is 6.15 Å². The summed E-state index contributed by atoms with van der Waals surface area (Å²) in [4.78, 5) is 0. The molecule has 0 rings (SSSR count). The molecule has 8 heavy (non-hydrogen) atoms. The summed E-state index contributed by atoms with van der Waals surface area (Å²) in [6.07, 6.45) is 0.574. The second kappa shape index (κ2) is 2.80. The molecule has 0 spiro atoms. The van der Waals surface area contributed by atoms with E-state index in [0.717, 1.165) is 0 Å². The van der Waals surface area contributed by atoms with Crippen LogP contribution in [0.15, 0.2) is 0 Å². The van der Waals surface area contributed by atoms with Crippen LogP contribution in [0, 0.1) is 6.15 Å². The molecule has 0 aliphatic rings. The van der Waals surface area contributed by atoms with E-state index in [4.69, 9.17) is 0 Å². The fourth-order valence-electron chi connectivity index (χ4n) is 0.365. The molecule has 0 unspecified atom stereocenters. The summed E-state index contributed by atoms with van der Waals surface area (Å²) in [5.41, 5.74) is 0. The second-order valence-electron chi connectivity index (χ2n) is 1.56. The zero-order valence-electron chi connectivity index (χ0n) is 4.58. The Morgan fingerprint density at radius 2 is 2.12 bits per heavy atom. The van der Waals surface area contributed by atoms with Crippen LogP contribution in [0.1, 0.15) is 19.8 Å². The quantitative estimate of drug-likeness (QED) is 0.496. The van der Waals surface area contributed by atoms with Crippen LogP contribution in [-0.4, -0.2) is 5.92 Å². The van der Waals surface area contributed by atoms with E-state index < -0.39 is 12.3 Å². The van der Waals surface area contributed by atoms with E-state index in [1.54, 1.807) is 6.92 Å². The summed E-state index contributed by atoms with van der Waals surface area (Å²) < 4.78 is 32.8. The van der Waals surface area contributed by atoms with Crippen molar-refractivity contribution in [1.82, 2.24) is 0 Å². The van der Waals surface area contributed by atoms with Crippen molar-refractivity contribution < 1.29 is 13.4 Å². The third kappa shape index (κ3) is 2.72. The Kier molecular flexibility index (Phi) is 2.66. The fourth-order valence-corrected chi connectivity index (χ4v) is 0.365. The molecule has 0 saturated heterocycles. The Labute approximate surface area is 46.4 Å². The molecule has 1 nitrogen and oxygen atoms in total. The van der Waals surface area contributed by atoms with Gasteiger partial charge in [-0.2, -0.15) is 0 Å². The topological polar surface area (TPSA) is 19.9 Å². The fraction of sp³-hybridized carbons (Fsp3) is 0.800. The number of hydrogen-bond donors (Lipinski definition) is 0. The van der Waals surface area contributed by atoms with Gasteiger partial charge >= 0.3 is 45.3 Å². The zero-order chi connectivity index (χ0) is 6.62. The Morgan fingerprint density at radius 3 is 2.25 bits per heavy atom. The van der Waals surface area contributed by atoms with Gasteiger partial charge in [0.15, 0.2) is 0 Å². The van der Waals surface area contributed by atoms with Crippen molar-refractivity contribution in [1.29, 1.82) is 0 Å². The third-order valence-electron chi connectivity index (χ3n) is 0.713. The van der Waals surface area contributed by atoms with E-state index in [1.165, 1.54) is 0 Å². The van der Waals surface area contributed by atoms with Crippen molar-refractivity contribution in [3.05, 3.63) is 0 Å². The average Bonchev–Trinajstić information content (AvgIpc) is 1.67. The first-order valence-corrected chi connectivity index (χ1v) is 2.39. The minimum absolute atomic E-state index is 0.308. The van der Waals surface area contributed by atoms with Gasteiger partial charge in [-0.1, -0.05) is 0 Å². The Hall–Kier alpha value is -0.400. The molecule has 0 aromatic heterocycles. The molecular weight excluding hydrogens is 114 g/mol. The normalized spacial score (nSPS) is 10.8. The van der Waals surface area contributed by atoms with Crippen LogP contribution in [0.25, 0.3) is 0 Å². The van der Waals surface area contributed by atoms with Crippen molar-refractivity contribution in [2.24, 2.45) is 0 Å².